The highest BCUT2D eigenvalue weighted by Crippen LogP contribution is 2.40. The summed E-state index contributed by atoms with van der Waals surface area (Å²) in [5, 5.41) is 7.77. The van der Waals surface area contributed by atoms with E-state index < -0.39 is 5.79 Å². The van der Waals surface area contributed by atoms with Gasteiger partial charge in [0.25, 0.3) is 0 Å². The Labute approximate surface area is 208 Å². The van der Waals surface area contributed by atoms with Gasteiger partial charge >= 0.3 is 0 Å². The highest BCUT2D eigenvalue weighted by Gasteiger charge is 2.45. The van der Waals surface area contributed by atoms with Crippen molar-refractivity contribution in [2.75, 3.05) is 25.1 Å². The minimum atomic E-state index is -1.08. The highest BCUT2D eigenvalue weighted by atomic mass is 35.5. The van der Waals surface area contributed by atoms with Gasteiger partial charge in [0.05, 0.1) is 24.5 Å². The molecular weight excluding hydrogens is 483 g/mol. The number of anilines is 1. The maximum absolute atomic E-state index is 6.51. The number of nitrogens with one attached hydrogen (secondary N) is 2. The second-order valence-electron chi connectivity index (χ2n) is 7.48. The van der Waals surface area contributed by atoms with Crippen molar-refractivity contribution in [3.8, 4) is 5.75 Å². The minimum Gasteiger partial charge on any atom is -0.491 e. The van der Waals surface area contributed by atoms with Crippen LogP contribution in [0.4, 0.5) is 5.69 Å². The lowest BCUT2D eigenvalue weighted by molar-refractivity contribution is -0.189. The van der Waals surface area contributed by atoms with Gasteiger partial charge in [-0.1, -0.05) is 29.3 Å². The van der Waals surface area contributed by atoms with Crippen molar-refractivity contribution in [1.82, 2.24) is 14.9 Å². The van der Waals surface area contributed by atoms with Gasteiger partial charge in [0.2, 0.25) is 5.79 Å². The van der Waals surface area contributed by atoms with Gasteiger partial charge in [0.15, 0.2) is 5.11 Å². The van der Waals surface area contributed by atoms with E-state index in [0.29, 0.717) is 40.5 Å². The van der Waals surface area contributed by atoms with E-state index >= 15 is 0 Å². The Morgan fingerprint density at radius 1 is 1.27 bits per heavy atom. The van der Waals surface area contributed by atoms with Crippen LogP contribution in [-0.2, 0) is 21.8 Å². The van der Waals surface area contributed by atoms with E-state index in [1.807, 2.05) is 48.0 Å². The molecule has 33 heavy (non-hydrogen) atoms. The van der Waals surface area contributed by atoms with E-state index in [2.05, 4.69) is 15.6 Å². The van der Waals surface area contributed by atoms with Crippen LogP contribution in [0.2, 0.25) is 10.0 Å². The number of ether oxygens (including phenoxy) is 3. The molecule has 4 rings (SSSR count). The minimum absolute atomic E-state index is 0.292. The molecule has 1 aliphatic rings. The van der Waals surface area contributed by atoms with Crippen LogP contribution in [0, 0.1) is 0 Å². The van der Waals surface area contributed by atoms with Gasteiger partial charge in [-0.25, -0.2) is 4.98 Å². The fourth-order valence-corrected chi connectivity index (χ4v) is 4.35. The van der Waals surface area contributed by atoms with Gasteiger partial charge < -0.3 is 29.4 Å². The van der Waals surface area contributed by atoms with Crippen molar-refractivity contribution >= 4 is 46.2 Å². The average Bonchev–Trinajstić information content (AvgIpc) is 3.44. The zero-order valence-electron chi connectivity index (χ0n) is 18.0. The van der Waals surface area contributed by atoms with Crippen molar-refractivity contribution in [1.29, 1.82) is 0 Å². The molecule has 0 amide bonds. The molecule has 0 unspecified atom stereocenters. The van der Waals surface area contributed by atoms with Crippen LogP contribution in [0.5, 0.6) is 5.75 Å². The first-order valence-electron chi connectivity index (χ1n) is 10.5. The predicted octanol–water partition coefficient (Wildman–Crippen LogP) is 4.84. The second kappa shape index (κ2) is 10.7. The Kier molecular flexibility index (Phi) is 7.72. The highest BCUT2D eigenvalue weighted by molar-refractivity contribution is 7.80. The van der Waals surface area contributed by atoms with Gasteiger partial charge in [-0.3, -0.25) is 0 Å². The van der Waals surface area contributed by atoms with Crippen molar-refractivity contribution in [3.05, 3.63) is 76.8 Å². The Bertz CT molecular complexity index is 1080. The van der Waals surface area contributed by atoms with Crippen LogP contribution in [0.25, 0.3) is 0 Å². The number of hydrogen-bond acceptors (Lipinski definition) is 5. The Morgan fingerprint density at radius 3 is 2.79 bits per heavy atom. The molecule has 10 heteroatoms. The molecule has 2 N–H and O–H groups in total. The number of nitrogens with zero attached hydrogens (tertiary/aromatic N) is 2. The van der Waals surface area contributed by atoms with Crippen LogP contribution in [0.3, 0.4) is 0 Å². The lowest BCUT2D eigenvalue weighted by Crippen LogP contribution is -2.34. The summed E-state index contributed by atoms with van der Waals surface area (Å²) in [6.07, 6.45) is 4.97. The first kappa shape index (κ1) is 23.8. The largest absolute Gasteiger partial charge is 0.491 e. The molecular formula is C23H24Cl2N4O3S. The number of thiocarbonyl (C=S) groups is 1. The molecule has 1 aromatic heterocycles. The molecule has 2 heterocycles. The molecule has 1 aliphatic heterocycles. The van der Waals surface area contributed by atoms with E-state index in [1.54, 1.807) is 24.7 Å². The molecule has 0 spiro atoms. The average molecular weight is 507 g/mol. The Morgan fingerprint density at radius 2 is 2.09 bits per heavy atom. The molecule has 0 aliphatic carbocycles. The SMILES string of the molecule is CCNC(=S)Nc1ccc(OC[C@@H]2CO[C@@](Cn3ccnc3)(c3ccc(Cl)cc3Cl)O2)cc1. The molecule has 2 aromatic carbocycles. The molecule has 0 bridgehead atoms. The molecule has 174 valence electrons. The normalized spacial score (nSPS) is 19.9. The monoisotopic (exact) mass is 506 g/mol. The topological polar surface area (TPSA) is 69.6 Å². The summed E-state index contributed by atoms with van der Waals surface area (Å²) in [6, 6.07) is 12.8. The molecule has 1 saturated heterocycles. The van der Waals surface area contributed by atoms with E-state index in [-0.39, 0.29) is 6.10 Å². The second-order valence-corrected chi connectivity index (χ2v) is 8.73. The first-order valence-corrected chi connectivity index (χ1v) is 11.6. The number of hydrogen-bond donors (Lipinski definition) is 2. The summed E-state index contributed by atoms with van der Waals surface area (Å²) in [5.41, 5.74) is 1.59. The van der Waals surface area contributed by atoms with Crippen LogP contribution in [-0.4, -0.2) is 40.5 Å². The fraction of sp³-hybridized carbons (Fsp3) is 0.304. The molecule has 3 aromatic rings. The molecule has 7 nitrogen and oxygen atoms in total. The molecule has 0 saturated carbocycles. The van der Waals surface area contributed by atoms with Gasteiger partial charge in [-0.2, -0.15) is 0 Å². The summed E-state index contributed by atoms with van der Waals surface area (Å²) in [6.45, 7) is 3.81. The maximum atomic E-state index is 6.51. The summed E-state index contributed by atoms with van der Waals surface area (Å²) >= 11 is 17.8. The Balaban J connectivity index is 1.42. The number of imidazole rings is 1. The number of rotatable bonds is 8. The first-order chi connectivity index (χ1) is 16.0. The third-order valence-electron chi connectivity index (χ3n) is 5.04. The summed E-state index contributed by atoms with van der Waals surface area (Å²) in [7, 11) is 0. The molecule has 2 atom stereocenters. The standard InChI is InChI=1S/C23H24Cl2N4O3S/c1-2-27-22(33)28-17-4-6-18(7-5-17)30-12-19-13-31-23(32-19,14-29-10-9-26-15-29)20-8-3-16(24)11-21(20)25/h3-11,15,19H,2,12-14H2,1H3,(H2,27,28,33)/t19-,23-/m1/s1. The third-order valence-corrected chi connectivity index (χ3v) is 5.83. The van der Waals surface area contributed by atoms with E-state index in [0.717, 1.165) is 18.0 Å². The van der Waals surface area contributed by atoms with Gasteiger partial charge in [0.1, 0.15) is 18.5 Å². The van der Waals surface area contributed by atoms with Gasteiger partial charge in [-0.05, 0) is 55.5 Å². The predicted molar refractivity (Wildman–Crippen MR) is 133 cm³/mol. The fourth-order valence-electron chi connectivity index (χ4n) is 3.53. The molecule has 0 radical (unpaired) electrons. The third kappa shape index (κ3) is 5.96. The quantitative estimate of drug-likeness (QED) is 0.423. The maximum Gasteiger partial charge on any atom is 0.215 e. The van der Waals surface area contributed by atoms with Crippen LogP contribution in [0.1, 0.15) is 12.5 Å². The number of aromatic nitrogens is 2. The smallest absolute Gasteiger partial charge is 0.215 e. The van der Waals surface area contributed by atoms with Gasteiger partial charge in [0, 0.05) is 35.2 Å². The zero-order valence-corrected chi connectivity index (χ0v) is 20.3. The lowest BCUT2D eigenvalue weighted by atomic mass is 10.1. The number of halogens is 2. The summed E-state index contributed by atoms with van der Waals surface area (Å²) in [5.74, 6) is -0.359. The van der Waals surface area contributed by atoms with Crippen molar-refractivity contribution in [2.45, 2.75) is 25.4 Å². The molecule has 1 fully saturated rings. The van der Waals surface area contributed by atoms with E-state index in [9.17, 15) is 0 Å². The van der Waals surface area contributed by atoms with Crippen molar-refractivity contribution < 1.29 is 14.2 Å². The lowest BCUT2D eigenvalue weighted by Gasteiger charge is -2.30. The zero-order chi connectivity index (χ0) is 23.3. The van der Waals surface area contributed by atoms with Crippen LogP contribution < -0.4 is 15.4 Å². The van der Waals surface area contributed by atoms with Crippen molar-refractivity contribution in [2.24, 2.45) is 0 Å². The van der Waals surface area contributed by atoms with E-state index in [4.69, 9.17) is 49.6 Å². The van der Waals surface area contributed by atoms with E-state index in [1.165, 1.54) is 0 Å². The number of benzene rings is 2. The van der Waals surface area contributed by atoms with Crippen LogP contribution >= 0.6 is 35.4 Å². The van der Waals surface area contributed by atoms with Crippen LogP contribution in [0.15, 0.2) is 61.2 Å². The summed E-state index contributed by atoms with van der Waals surface area (Å²) in [4.78, 5) is 4.11. The summed E-state index contributed by atoms with van der Waals surface area (Å²) < 4.78 is 20.4. The van der Waals surface area contributed by atoms with Gasteiger partial charge in [-0.15, -0.1) is 0 Å². The Hall–Kier alpha value is -2.36. The van der Waals surface area contributed by atoms with Crippen molar-refractivity contribution in [3.63, 3.8) is 0 Å².